The Labute approximate surface area is 163 Å². The largest absolute Gasteiger partial charge is 0.497 e. The summed E-state index contributed by atoms with van der Waals surface area (Å²) in [5.41, 5.74) is 1.81. The van der Waals surface area contributed by atoms with Crippen molar-refractivity contribution < 1.29 is 9.53 Å². The minimum absolute atomic E-state index is 0.0849. The molecule has 3 heterocycles. The molecule has 1 atom stereocenters. The Bertz CT molecular complexity index is 925. The zero-order chi connectivity index (χ0) is 19.3. The van der Waals surface area contributed by atoms with E-state index >= 15 is 0 Å². The van der Waals surface area contributed by atoms with Gasteiger partial charge in [-0.25, -0.2) is 0 Å². The van der Waals surface area contributed by atoms with Gasteiger partial charge in [-0.1, -0.05) is 12.1 Å². The first-order valence-electron chi connectivity index (χ1n) is 9.33. The second-order valence-electron chi connectivity index (χ2n) is 6.82. The number of hydrogen-bond donors (Lipinski definition) is 0. The molecule has 0 aliphatic carbocycles. The number of tetrazole rings is 1. The van der Waals surface area contributed by atoms with E-state index in [1.165, 1.54) is 0 Å². The molecule has 0 radical (unpaired) electrons. The van der Waals surface area contributed by atoms with Crippen LogP contribution in [0.2, 0.25) is 0 Å². The van der Waals surface area contributed by atoms with Gasteiger partial charge >= 0.3 is 0 Å². The Morgan fingerprint density at radius 1 is 1.25 bits per heavy atom. The van der Waals surface area contributed by atoms with Crippen molar-refractivity contribution >= 4 is 5.91 Å². The van der Waals surface area contributed by atoms with E-state index < -0.39 is 0 Å². The second-order valence-corrected chi connectivity index (χ2v) is 6.82. The molecular formula is C20H22N6O2. The van der Waals surface area contributed by atoms with Crippen LogP contribution in [-0.4, -0.2) is 55.7 Å². The molecule has 1 aliphatic rings. The van der Waals surface area contributed by atoms with Crippen LogP contribution in [0.4, 0.5) is 0 Å². The molecule has 144 valence electrons. The first-order chi connectivity index (χ1) is 13.7. The summed E-state index contributed by atoms with van der Waals surface area (Å²) < 4.78 is 5.17. The van der Waals surface area contributed by atoms with Gasteiger partial charge in [-0.2, -0.15) is 4.80 Å². The molecule has 1 aliphatic heterocycles. The highest BCUT2D eigenvalue weighted by Crippen LogP contribution is 2.21. The summed E-state index contributed by atoms with van der Waals surface area (Å²) >= 11 is 0. The fourth-order valence-electron chi connectivity index (χ4n) is 3.49. The lowest BCUT2D eigenvalue weighted by molar-refractivity contribution is -0.131. The summed E-state index contributed by atoms with van der Waals surface area (Å²) in [5.74, 6) is 1.46. The maximum Gasteiger partial charge on any atom is 0.227 e. The van der Waals surface area contributed by atoms with Gasteiger partial charge in [0.15, 0.2) is 0 Å². The summed E-state index contributed by atoms with van der Waals surface area (Å²) in [6.45, 7) is 1.31. The minimum atomic E-state index is 0.0849. The molecule has 28 heavy (non-hydrogen) atoms. The summed E-state index contributed by atoms with van der Waals surface area (Å²) in [5, 5.41) is 12.7. The van der Waals surface area contributed by atoms with Crippen LogP contribution in [0, 0.1) is 0 Å². The second kappa shape index (κ2) is 8.16. The zero-order valence-corrected chi connectivity index (χ0v) is 15.7. The van der Waals surface area contributed by atoms with Crippen molar-refractivity contribution in [1.29, 1.82) is 0 Å². The number of likely N-dealkylation sites (tertiary alicyclic amines) is 1. The fraction of sp³-hybridized carbons (Fsp3) is 0.350. The van der Waals surface area contributed by atoms with Crippen LogP contribution in [0.3, 0.4) is 0 Å². The fourth-order valence-corrected chi connectivity index (χ4v) is 3.49. The highest BCUT2D eigenvalue weighted by molar-refractivity contribution is 5.79. The SMILES string of the molecule is COc1ccc(CC(=O)N2CCC[C@@H]2Cn2nnc(-c3cccnc3)n2)cc1. The molecule has 0 N–H and O–H groups in total. The number of pyridine rings is 1. The first kappa shape index (κ1) is 18.1. The Kier molecular flexibility index (Phi) is 5.27. The highest BCUT2D eigenvalue weighted by Gasteiger charge is 2.29. The number of carbonyl (C=O) groups is 1. The molecule has 0 bridgehead atoms. The molecular weight excluding hydrogens is 356 g/mol. The first-order valence-corrected chi connectivity index (χ1v) is 9.33. The van der Waals surface area contributed by atoms with Crippen LogP contribution >= 0.6 is 0 Å². The van der Waals surface area contributed by atoms with Crippen LogP contribution < -0.4 is 4.74 Å². The zero-order valence-electron chi connectivity index (χ0n) is 15.7. The molecule has 0 saturated carbocycles. The molecule has 4 rings (SSSR count). The number of methoxy groups -OCH3 is 1. The average Bonchev–Trinajstić information content (AvgIpc) is 3.39. The predicted molar refractivity (Wildman–Crippen MR) is 102 cm³/mol. The van der Waals surface area contributed by atoms with E-state index in [9.17, 15) is 4.79 Å². The van der Waals surface area contributed by atoms with Crippen molar-refractivity contribution in [2.24, 2.45) is 0 Å². The molecule has 2 aromatic heterocycles. The van der Waals surface area contributed by atoms with E-state index in [0.717, 1.165) is 36.3 Å². The van der Waals surface area contributed by atoms with Gasteiger partial charge in [0.1, 0.15) is 5.75 Å². The van der Waals surface area contributed by atoms with Crippen LogP contribution in [0.25, 0.3) is 11.4 Å². The summed E-state index contributed by atoms with van der Waals surface area (Å²) in [6.07, 6.45) is 5.73. The Balaban J connectivity index is 1.40. The maximum atomic E-state index is 12.8. The van der Waals surface area contributed by atoms with Crippen molar-refractivity contribution in [3.63, 3.8) is 0 Å². The van der Waals surface area contributed by atoms with Crippen LogP contribution in [-0.2, 0) is 17.8 Å². The number of benzene rings is 1. The third kappa shape index (κ3) is 4.00. The standard InChI is InChI=1S/C20H22N6O2/c1-28-18-8-6-15(7-9-18)12-19(27)25-11-3-5-17(25)14-26-23-20(22-24-26)16-4-2-10-21-13-16/h2,4,6-10,13,17H,3,5,11-12,14H2,1H3/t17-/m1/s1. The molecule has 1 saturated heterocycles. The smallest absolute Gasteiger partial charge is 0.227 e. The van der Waals surface area contributed by atoms with Gasteiger partial charge in [0.05, 0.1) is 26.1 Å². The van der Waals surface area contributed by atoms with Crippen molar-refractivity contribution in [1.82, 2.24) is 30.1 Å². The number of carbonyl (C=O) groups excluding carboxylic acids is 1. The quantitative estimate of drug-likeness (QED) is 0.652. The number of aromatic nitrogens is 5. The Morgan fingerprint density at radius 2 is 2.11 bits per heavy atom. The van der Waals surface area contributed by atoms with Crippen LogP contribution in [0.5, 0.6) is 5.75 Å². The number of rotatable bonds is 6. The average molecular weight is 378 g/mol. The lowest BCUT2D eigenvalue weighted by Gasteiger charge is -2.24. The van der Waals surface area contributed by atoms with Gasteiger partial charge in [-0.15, -0.1) is 10.2 Å². The van der Waals surface area contributed by atoms with Gasteiger partial charge in [0.2, 0.25) is 11.7 Å². The molecule has 8 heteroatoms. The molecule has 8 nitrogen and oxygen atoms in total. The monoisotopic (exact) mass is 378 g/mol. The topological polar surface area (TPSA) is 86.0 Å². The molecule has 1 aromatic carbocycles. The number of amides is 1. The van der Waals surface area contributed by atoms with Crippen LogP contribution in [0.1, 0.15) is 18.4 Å². The number of ether oxygens (including phenoxy) is 1. The normalized spacial score (nSPS) is 16.3. The van der Waals surface area contributed by atoms with Gasteiger partial charge < -0.3 is 9.64 Å². The van der Waals surface area contributed by atoms with Gasteiger partial charge in [0.25, 0.3) is 0 Å². The molecule has 1 fully saturated rings. The highest BCUT2D eigenvalue weighted by atomic mass is 16.5. The van der Waals surface area contributed by atoms with E-state index in [1.54, 1.807) is 24.3 Å². The molecule has 0 spiro atoms. The van der Waals surface area contributed by atoms with Crippen molar-refractivity contribution in [3.8, 4) is 17.1 Å². The van der Waals surface area contributed by atoms with Crippen molar-refractivity contribution in [3.05, 3.63) is 54.4 Å². The summed E-state index contributed by atoms with van der Waals surface area (Å²) in [4.78, 5) is 20.4. The van der Waals surface area contributed by atoms with E-state index in [4.69, 9.17) is 4.74 Å². The third-order valence-electron chi connectivity index (χ3n) is 4.96. The minimum Gasteiger partial charge on any atom is -0.497 e. The molecule has 0 unspecified atom stereocenters. The van der Waals surface area contributed by atoms with Crippen molar-refractivity contribution in [2.75, 3.05) is 13.7 Å². The Hall–Kier alpha value is -3.29. The Morgan fingerprint density at radius 3 is 2.86 bits per heavy atom. The lowest BCUT2D eigenvalue weighted by atomic mass is 10.1. The molecule has 3 aromatic rings. The summed E-state index contributed by atoms with van der Waals surface area (Å²) in [7, 11) is 1.63. The van der Waals surface area contributed by atoms with E-state index in [-0.39, 0.29) is 11.9 Å². The van der Waals surface area contributed by atoms with E-state index in [2.05, 4.69) is 20.4 Å². The van der Waals surface area contributed by atoms with Crippen LogP contribution in [0.15, 0.2) is 48.8 Å². The lowest BCUT2D eigenvalue weighted by Crippen LogP contribution is -2.39. The van der Waals surface area contributed by atoms with E-state index in [1.807, 2.05) is 41.3 Å². The predicted octanol–water partition coefficient (Wildman–Crippen LogP) is 1.98. The summed E-state index contributed by atoms with van der Waals surface area (Å²) in [6, 6.07) is 11.4. The molecule has 1 amide bonds. The van der Waals surface area contributed by atoms with Gasteiger partial charge in [0, 0.05) is 24.5 Å². The van der Waals surface area contributed by atoms with Gasteiger partial charge in [-0.3, -0.25) is 9.78 Å². The van der Waals surface area contributed by atoms with E-state index in [0.29, 0.717) is 18.8 Å². The number of nitrogens with zero attached hydrogens (tertiary/aromatic N) is 6. The number of hydrogen-bond acceptors (Lipinski definition) is 6. The van der Waals surface area contributed by atoms with Gasteiger partial charge in [-0.05, 0) is 47.9 Å². The maximum absolute atomic E-state index is 12.8. The third-order valence-corrected chi connectivity index (χ3v) is 4.96. The van der Waals surface area contributed by atoms with Crippen molar-refractivity contribution in [2.45, 2.75) is 31.8 Å².